The molecule has 2 aromatic carbocycles. The zero-order valence-corrected chi connectivity index (χ0v) is 14.3. The molecule has 0 spiro atoms. The Balaban J connectivity index is 2.02. The standard InChI is InChI=1S/C20H23N3O/c1-14(2)19(17-7-5-4-6-8-17)22-15(3)20(24)23-18-11-9-16(13-21)10-12-18/h4-12,14-15,19,22H,1-3H3,(H,23,24)/t15-,19+/m1/s1. The van der Waals surface area contributed by atoms with Crippen LogP contribution in [0.1, 0.15) is 37.9 Å². The topological polar surface area (TPSA) is 64.9 Å². The second kappa shape index (κ2) is 8.28. The van der Waals surface area contributed by atoms with Crippen LogP contribution in [0.2, 0.25) is 0 Å². The lowest BCUT2D eigenvalue weighted by atomic mass is 9.95. The van der Waals surface area contributed by atoms with Crippen LogP contribution >= 0.6 is 0 Å². The molecule has 2 rings (SSSR count). The fourth-order valence-electron chi connectivity index (χ4n) is 2.56. The molecule has 0 aliphatic rings. The first-order valence-corrected chi connectivity index (χ1v) is 8.13. The molecular formula is C20H23N3O. The SMILES string of the molecule is CC(C)[C@H](N[C@H](C)C(=O)Nc1ccc(C#N)cc1)c1ccccc1. The Morgan fingerprint density at radius 3 is 2.17 bits per heavy atom. The van der Waals surface area contributed by atoms with E-state index in [0.717, 1.165) is 0 Å². The number of amides is 1. The van der Waals surface area contributed by atoms with Crippen molar-refractivity contribution in [2.24, 2.45) is 5.92 Å². The van der Waals surface area contributed by atoms with Crippen molar-refractivity contribution in [3.63, 3.8) is 0 Å². The summed E-state index contributed by atoms with van der Waals surface area (Å²) < 4.78 is 0. The third-order valence-corrected chi connectivity index (χ3v) is 3.93. The third-order valence-electron chi connectivity index (χ3n) is 3.93. The first kappa shape index (κ1) is 17.7. The number of hydrogen-bond donors (Lipinski definition) is 2. The number of nitrogens with zero attached hydrogens (tertiary/aromatic N) is 1. The van der Waals surface area contributed by atoms with E-state index in [0.29, 0.717) is 17.2 Å². The van der Waals surface area contributed by atoms with Gasteiger partial charge in [-0.05, 0) is 42.7 Å². The van der Waals surface area contributed by atoms with Crippen molar-refractivity contribution in [1.29, 1.82) is 5.26 Å². The van der Waals surface area contributed by atoms with Gasteiger partial charge in [0, 0.05) is 11.7 Å². The maximum Gasteiger partial charge on any atom is 0.241 e. The molecule has 1 amide bonds. The van der Waals surface area contributed by atoms with Crippen molar-refractivity contribution < 1.29 is 4.79 Å². The summed E-state index contributed by atoms with van der Waals surface area (Å²) in [4.78, 5) is 12.4. The Morgan fingerprint density at radius 1 is 1.00 bits per heavy atom. The summed E-state index contributed by atoms with van der Waals surface area (Å²) in [5.74, 6) is 0.263. The number of nitriles is 1. The van der Waals surface area contributed by atoms with Crippen LogP contribution in [0.15, 0.2) is 54.6 Å². The molecule has 0 aliphatic heterocycles. The predicted molar refractivity (Wildman–Crippen MR) is 96.4 cm³/mol. The van der Waals surface area contributed by atoms with Gasteiger partial charge in [0.2, 0.25) is 5.91 Å². The van der Waals surface area contributed by atoms with Crippen LogP contribution in [0.5, 0.6) is 0 Å². The van der Waals surface area contributed by atoms with E-state index >= 15 is 0 Å². The minimum absolute atomic E-state index is 0.0960. The van der Waals surface area contributed by atoms with Gasteiger partial charge in [0.1, 0.15) is 0 Å². The smallest absolute Gasteiger partial charge is 0.241 e. The van der Waals surface area contributed by atoms with Crippen molar-refractivity contribution in [3.05, 3.63) is 65.7 Å². The van der Waals surface area contributed by atoms with Crippen LogP contribution in [0.4, 0.5) is 5.69 Å². The summed E-state index contributed by atoms with van der Waals surface area (Å²) in [6, 6.07) is 18.8. The number of rotatable bonds is 6. The van der Waals surface area contributed by atoms with E-state index in [1.54, 1.807) is 24.3 Å². The number of anilines is 1. The van der Waals surface area contributed by atoms with Gasteiger partial charge in [0.15, 0.2) is 0 Å². The summed E-state index contributed by atoms with van der Waals surface area (Å²) in [5, 5.41) is 15.1. The van der Waals surface area contributed by atoms with E-state index in [2.05, 4.69) is 42.7 Å². The first-order chi connectivity index (χ1) is 11.5. The molecule has 2 aromatic rings. The summed E-state index contributed by atoms with van der Waals surface area (Å²) in [6.07, 6.45) is 0. The number of nitrogens with one attached hydrogen (secondary N) is 2. The monoisotopic (exact) mass is 321 g/mol. The van der Waals surface area contributed by atoms with Crippen LogP contribution < -0.4 is 10.6 Å². The molecule has 2 N–H and O–H groups in total. The summed E-state index contributed by atoms with van der Waals surface area (Å²) >= 11 is 0. The molecule has 0 saturated carbocycles. The molecule has 0 heterocycles. The van der Waals surface area contributed by atoms with Crippen molar-refractivity contribution in [3.8, 4) is 6.07 Å². The molecule has 4 heteroatoms. The van der Waals surface area contributed by atoms with Crippen LogP contribution in [-0.2, 0) is 4.79 Å². The van der Waals surface area contributed by atoms with Gasteiger partial charge in [0.05, 0.1) is 17.7 Å². The average Bonchev–Trinajstić information content (AvgIpc) is 2.60. The zero-order chi connectivity index (χ0) is 17.5. The zero-order valence-electron chi connectivity index (χ0n) is 14.3. The normalized spacial score (nSPS) is 13.1. The average molecular weight is 321 g/mol. The van der Waals surface area contributed by atoms with E-state index in [9.17, 15) is 4.79 Å². The van der Waals surface area contributed by atoms with E-state index in [1.165, 1.54) is 5.56 Å². The lowest BCUT2D eigenvalue weighted by Crippen LogP contribution is -2.41. The van der Waals surface area contributed by atoms with Gasteiger partial charge < -0.3 is 5.32 Å². The highest BCUT2D eigenvalue weighted by molar-refractivity contribution is 5.94. The fourth-order valence-corrected chi connectivity index (χ4v) is 2.56. The van der Waals surface area contributed by atoms with Gasteiger partial charge in [-0.1, -0.05) is 44.2 Å². The van der Waals surface area contributed by atoms with Crippen molar-refractivity contribution in [1.82, 2.24) is 5.32 Å². The highest BCUT2D eigenvalue weighted by Crippen LogP contribution is 2.22. The highest BCUT2D eigenvalue weighted by Gasteiger charge is 2.21. The van der Waals surface area contributed by atoms with E-state index < -0.39 is 0 Å². The summed E-state index contributed by atoms with van der Waals surface area (Å²) in [6.45, 7) is 6.13. The highest BCUT2D eigenvalue weighted by atomic mass is 16.2. The molecular weight excluding hydrogens is 298 g/mol. The summed E-state index contributed by atoms with van der Waals surface area (Å²) in [7, 11) is 0. The lowest BCUT2D eigenvalue weighted by molar-refractivity contribution is -0.118. The Hall–Kier alpha value is -2.64. The lowest BCUT2D eigenvalue weighted by Gasteiger charge is -2.26. The van der Waals surface area contributed by atoms with Crippen LogP contribution in [0.3, 0.4) is 0 Å². The number of carbonyl (C=O) groups is 1. The Morgan fingerprint density at radius 2 is 1.62 bits per heavy atom. The molecule has 24 heavy (non-hydrogen) atoms. The van der Waals surface area contributed by atoms with Gasteiger partial charge >= 0.3 is 0 Å². The minimum Gasteiger partial charge on any atom is -0.325 e. The molecule has 0 unspecified atom stereocenters. The molecule has 2 atom stereocenters. The Bertz CT molecular complexity index is 702. The second-order valence-corrected chi connectivity index (χ2v) is 6.20. The summed E-state index contributed by atoms with van der Waals surface area (Å²) in [5.41, 5.74) is 2.43. The molecule has 0 radical (unpaired) electrons. The van der Waals surface area contributed by atoms with Gasteiger partial charge in [-0.15, -0.1) is 0 Å². The number of carbonyl (C=O) groups excluding carboxylic acids is 1. The van der Waals surface area contributed by atoms with Crippen molar-refractivity contribution in [2.75, 3.05) is 5.32 Å². The van der Waals surface area contributed by atoms with Crippen LogP contribution in [0, 0.1) is 17.2 Å². The van der Waals surface area contributed by atoms with Crippen LogP contribution in [0.25, 0.3) is 0 Å². The molecule has 0 fully saturated rings. The second-order valence-electron chi connectivity index (χ2n) is 6.20. The maximum atomic E-state index is 12.4. The van der Waals surface area contributed by atoms with E-state index in [1.807, 2.05) is 25.1 Å². The molecule has 124 valence electrons. The molecule has 0 aromatic heterocycles. The van der Waals surface area contributed by atoms with Gasteiger partial charge in [-0.2, -0.15) is 5.26 Å². The van der Waals surface area contributed by atoms with E-state index in [-0.39, 0.29) is 18.0 Å². The number of hydrogen-bond acceptors (Lipinski definition) is 3. The van der Waals surface area contributed by atoms with Gasteiger partial charge in [-0.25, -0.2) is 0 Å². The molecule has 0 saturated heterocycles. The Labute approximate surface area is 143 Å². The quantitative estimate of drug-likeness (QED) is 0.849. The predicted octanol–water partition coefficient (Wildman–Crippen LogP) is 3.87. The first-order valence-electron chi connectivity index (χ1n) is 8.13. The van der Waals surface area contributed by atoms with Crippen molar-refractivity contribution >= 4 is 11.6 Å². The van der Waals surface area contributed by atoms with Crippen LogP contribution in [-0.4, -0.2) is 11.9 Å². The number of benzene rings is 2. The minimum atomic E-state index is -0.340. The van der Waals surface area contributed by atoms with E-state index in [4.69, 9.17) is 5.26 Å². The van der Waals surface area contributed by atoms with Gasteiger partial charge in [-0.3, -0.25) is 10.1 Å². The molecule has 0 aliphatic carbocycles. The third kappa shape index (κ3) is 4.68. The van der Waals surface area contributed by atoms with Gasteiger partial charge in [0.25, 0.3) is 0 Å². The molecule has 0 bridgehead atoms. The molecule has 4 nitrogen and oxygen atoms in total. The Kier molecular flexibility index (Phi) is 6.11. The largest absolute Gasteiger partial charge is 0.325 e. The fraction of sp³-hybridized carbons (Fsp3) is 0.300. The van der Waals surface area contributed by atoms with Crippen molar-refractivity contribution in [2.45, 2.75) is 32.9 Å². The maximum absolute atomic E-state index is 12.4.